The zero-order valence-corrected chi connectivity index (χ0v) is 8.04. The molecule has 0 bridgehead atoms. The molecule has 2 aromatic rings. The monoisotopic (exact) mass is 191 g/mol. The van der Waals surface area contributed by atoms with Gasteiger partial charge >= 0.3 is 0 Å². The van der Waals surface area contributed by atoms with Crippen molar-refractivity contribution in [1.29, 1.82) is 0 Å². The molecule has 74 valence electrons. The maximum Gasteiger partial charge on any atom is 0.0698 e. The van der Waals surface area contributed by atoms with Crippen LogP contribution in [0.1, 0.15) is 11.1 Å². The second-order valence-corrected chi connectivity index (χ2v) is 3.23. The minimum Gasteiger partial charge on any atom is -0.392 e. The summed E-state index contributed by atoms with van der Waals surface area (Å²) in [4.78, 5) is 0. The van der Waals surface area contributed by atoms with Crippen molar-refractivity contribution in [1.82, 2.24) is 15.5 Å². The number of hydrogen-bond acceptors (Lipinski definition) is 3. The summed E-state index contributed by atoms with van der Waals surface area (Å²) in [5, 5.41) is 20.1. The Morgan fingerprint density at radius 3 is 2.93 bits per heavy atom. The van der Waals surface area contributed by atoms with E-state index in [1.54, 1.807) is 6.20 Å². The van der Waals surface area contributed by atoms with E-state index in [2.05, 4.69) is 15.5 Å². The second-order valence-electron chi connectivity index (χ2n) is 3.23. The van der Waals surface area contributed by atoms with Crippen molar-refractivity contribution in [3.8, 4) is 0 Å². The minimum atomic E-state index is 0.0515. The number of aromatic nitrogens is 2. The fourth-order valence-electron chi connectivity index (χ4n) is 1.62. The van der Waals surface area contributed by atoms with Crippen molar-refractivity contribution in [2.45, 2.75) is 13.2 Å². The molecule has 1 aromatic carbocycles. The number of benzene rings is 1. The number of aliphatic hydroxyl groups is 1. The summed E-state index contributed by atoms with van der Waals surface area (Å²) in [6.45, 7) is 0.847. The van der Waals surface area contributed by atoms with Crippen LogP contribution in [0.2, 0.25) is 0 Å². The first-order valence-electron chi connectivity index (χ1n) is 4.56. The molecular weight excluding hydrogens is 178 g/mol. The topological polar surface area (TPSA) is 60.9 Å². The van der Waals surface area contributed by atoms with Crippen LogP contribution < -0.4 is 5.32 Å². The van der Waals surface area contributed by atoms with Crippen molar-refractivity contribution in [2.24, 2.45) is 0 Å². The van der Waals surface area contributed by atoms with Crippen LogP contribution >= 0.6 is 0 Å². The molecule has 1 aromatic heterocycles. The van der Waals surface area contributed by atoms with Crippen LogP contribution in [0.15, 0.2) is 18.3 Å². The third kappa shape index (κ3) is 1.38. The molecule has 0 radical (unpaired) electrons. The highest BCUT2D eigenvalue weighted by atomic mass is 16.3. The van der Waals surface area contributed by atoms with E-state index in [4.69, 9.17) is 5.11 Å². The van der Waals surface area contributed by atoms with E-state index < -0.39 is 0 Å². The summed E-state index contributed by atoms with van der Waals surface area (Å²) >= 11 is 0. The quantitative estimate of drug-likeness (QED) is 0.671. The number of nitrogens with one attached hydrogen (secondary N) is 2. The lowest BCUT2D eigenvalue weighted by molar-refractivity contribution is 0.283. The van der Waals surface area contributed by atoms with E-state index in [1.807, 2.05) is 19.2 Å². The molecular formula is C10H13N3O. The van der Waals surface area contributed by atoms with E-state index in [1.165, 1.54) is 0 Å². The largest absolute Gasteiger partial charge is 0.392 e. The van der Waals surface area contributed by atoms with Gasteiger partial charge in [0.15, 0.2) is 0 Å². The molecule has 0 saturated carbocycles. The SMILES string of the molecule is CNCc1ccc(CO)c2cn[nH]c12. The van der Waals surface area contributed by atoms with Gasteiger partial charge in [-0.3, -0.25) is 5.10 Å². The molecule has 0 saturated heterocycles. The fourth-order valence-corrected chi connectivity index (χ4v) is 1.62. The van der Waals surface area contributed by atoms with E-state index in [0.717, 1.165) is 28.6 Å². The Morgan fingerprint density at radius 2 is 2.21 bits per heavy atom. The van der Waals surface area contributed by atoms with Gasteiger partial charge in [0.1, 0.15) is 0 Å². The van der Waals surface area contributed by atoms with Crippen molar-refractivity contribution in [3.63, 3.8) is 0 Å². The van der Waals surface area contributed by atoms with Crippen molar-refractivity contribution in [3.05, 3.63) is 29.5 Å². The van der Waals surface area contributed by atoms with Crippen LogP contribution in [-0.2, 0) is 13.2 Å². The predicted molar refractivity (Wildman–Crippen MR) is 54.8 cm³/mol. The Labute approximate surface area is 81.9 Å². The number of H-pyrrole nitrogens is 1. The van der Waals surface area contributed by atoms with E-state index >= 15 is 0 Å². The molecule has 0 fully saturated rings. The third-order valence-electron chi connectivity index (χ3n) is 2.33. The van der Waals surface area contributed by atoms with Gasteiger partial charge in [0, 0.05) is 11.9 Å². The van der Waals surface area contributed by atoms with Crippen molar-refractivity contribution < 1.29 is 5.11 Å². The molecule has 0 aliphatic heterocycles. The van der Waals surface area contributed by atoms with Gasteiger partial charge in [0.05, 0.1) is 18.3 Å². The molecule has 3 N–H and O–H groups in total. The molecule has 4 nitrogen and oxygen atoms in total. The van der Waals surface area contributed by atoms with Gasteiger partial charge in [-0.2, -0.15) is 5.10 Å². The first kappa shape index (κ1) is 9.18. The molecule has 0 amide bonds. The number of aromatic amines is 1. The third-order valence-corrected chi connectivity index (χ3v) is 2.33. The van der Waals surface area contributed by atoms with Crippen molar-refractivity contribution in [2.75, 3.05) is 7.05 Å². The number of aliphatic hydroxyl groups excluding tert-OH is 1. The highest BCUT2D eigenvalue weighted by molar-refractivity contribution is 5.84. The summed E-state index contributed by atoms with van der Waals surface area (Å²) < 4.78 is 0. The van der Waals surface area contributed by atoms with Crippen LogP contribution in [0, 0.1) is 0 Å². The van der Waals surface area contributed by atoms with Gasteiger partial charge in [0.2, 0.25) is 0 Å². The van der Waals surface area contributed by atoms with Gasteiger partial charge in [-0.05, 0) is 18.2 Å². The van der Waals surface area contributed by atoms with Gasteiger partial charge < -0.3 is 10.4 Å². The Balaban J connectivity index is 2.59. The first-order chi connectivity index (χ1) is 6.86. The lowest BCUT2D eigenvalue weighted by Gasteiger charge is -2.04. The van der Waals surface area contributed by atoms with Crippen LogP contribution in [0.5, 0.6) is 0 Å². The molecule has 1 heterocycles. The number of fused-ring (bicyclic) bond motifs is 1. The minimum absolute atomic E-state index is 0.0515. The number of nitrogens with zero attached hydrogens (tertiary/aromatic N) is 1. The van der Waals surface area contributed by atoms with Crippen LogP contribution in [0.4, 0.5) is 0 Å². The summed E-state index contributed by atoms with van der Waals surface area (Å²) in [6.07, 6.45) is 1.75. The lowest BCUT2D eigenvalue weighted by Crippen LogP contribution is -2.05. The van der Waals surface area contributed by atoms with E-state index in [-0.39, 0.29) is 6.61 Å². The van der Waals surface area contributed by atoms with Gasteiger partial charge in [-0.25, -0.2) is 0 Å². The zero-order valence-electron chi connectivity index (χ0n) is 8.04. The van der Waals surface area contributed by atoms with Crippen LogP contribution in [0.25, 0.3) is 10.9 Å². The molecule has 0 aliphatic rings. The maximum absolute atomic E-state index is 9.12. The number of hydrogen-bond donors (Lipinski definition) is 3. The first-order valence-corrected chi connectivity index (χ1v) is 4.56. The molecule has 0 unspecified atom stereocenters. The van der Waals surface area contributed by atoms with Gasteiger partial charge in [-0.15, -0.1) is 0 Å². The molecule has 14 heavy (non-hydrogen) atoms. The fraction of sp³-hybridized carbons (Fsp3) is 0.300. The van der Waals surface area contributed by atoms with Crippen LogP contribution in [0.3, 0.4) is 0 Å². The average molecular weight is 191 g/mol. The molecule has 0 atom stereocenters. The Hall–Kier alpha value is -1.39. The standard InChI is InChI=1S/C10H13N3O/c1-11-4-7-2-3-8(6-14)9-5-12-13-10(7)9/h2-3,5,11,14H,4,6H2,1H3,(H,12,13). The highest BCUT2D eigenvalue weighted by Gasteiger charge is 2.06. The Kier molecular flexibility index (Phi) is 2.47. The molecule has 2 rings (SSSR count). The summed E-state index contributed by atoms with van der Waals surface area (Å²) in [5.41, 5.74) is 3.08. The highest BCUT2D eigenvalue weighted by Crippen LogP contribution is 2.20. The molecule has 4 heteroatoms. The maximum atomic E-state index is 9.12. The van der Waals surface area contributed by atoms with Gasteiger partial charge in [0.25, 0.3) is 0 Å². The van der Waals surface area contributed by atoms with Crippen molar-refractivity contribution >= 4 is 10.9 Å². The van der Waals surface area contributed by atoms with Crippen LogP contribution in [-0.4, -0.2) is 22.4 Å². The normalized spacial score (nSPS) is 11.0. The molecule has 0 aliphatic carbocycles. The summed E-state index contributed by atoms with van der Waals surface area (Å²) in [6, 6.07) is 3.94. The van der Waals surface area contributed by atoms with E-state index in [0.29, 0.717) is 0 Å². The Bertz CT molecular complexity index is 436. The van der Waals surface area contributed by atoms with Gasteiger partial charge in [-0.1, -0.05) is 12.1 Å². The number of rotatable bonds is 3. The smallest absolute Gasteiger partial charge is 0.0698 e. The summed E-state index contributed by atoms with van der Waals surface area (Å²) in [7, 11) is 1.90. The molecule has 0 spiro atoms. The predicted octanol–water partition coefficient (Wildman–Crippen LogP) is 0.775. The van der Waals surface area contributed by atoms with E-state index in [9.17, 15) is 0 Å². The Morgan fingerprint density at radius 1 is 1.43 bits per heavy atom. The average Bonchev–Trinajstić information content (AvgIpc) is 2.67. The zero-order chi connectivity index (χ0) is 9.97. The summed E-state index contributed by atoms with van der Waals surface area (Å²) in [5.74, 6) is 0. The lowest BCUT2D eigenvalue weighted by atomic mass is 10.1. The second kappa shape index (κ2) is 3.77.